The second kappa shape index (κ2) is 7.66. The number of nitrogens with one attached hydrogen (secondary N) is 1. The Hall–Kier alpha value is -3.08. The summed E-state index contributed by atoms with van der Waals surface area (Å²) in [7, 11) is 0. The molecule has 3 aromatic rings. The Balaban J connectivity index is 1.70. The summed E-state index contributed by atoms with van der Waals surface area (Å²) < 4.78 is 11.0. The standard InChI is InChI=1S/C22H23NO4/c1-13(2)16-5-7-17(8-6-16)23-20(24)12-26-19-10-9-18-14(3)11-21(25)27-22(18)15(19)4/h5-11,13H,12H2,1-4H3,(H,23,24). The summed E-state index contributed by atoms with van der Waals surface area (Å²) in [6, 6.07) is 12.8. The predicted octanol–water partition coefficient (Wildman–Crippen LogP) is 4.55. The van der Waals surface area contributed by atoms with Crippen LogP contribution in [0.25, 0.3) is 11.0 Å². The van der Waals surface area contributed by atoms with Crippen molar-refractivity contribution in [1.29, 1.82) is 0 Å². The van der Waals surface area contributed by atoms with E-state index in [-0.39, 0.29) is 12.5 Å². The van der Waals surface area contributed by atoms with Crippen molar-refractivity contribution in [2.45, 2.75) is 33.6 Å². The first-order valence-corrected chi connectivity index (χ1v) is 8.92. The van der Waals surface area contributed by atoms with E-state index in [2.05, 4.69) is 19.2 Å². The van der Waals surface area contributed by atoms with E-state index >= 15 is 0 Å². The van der Waals surface area contributed by atoms with Gasteiger partial charge in [0, 0.05) is 22.7 Å². The highest BCUT2D eigenvalue weighted by Crippen LogP contribution is 2.28. The van der Waals surface area contributed by atoms with Crippen LogP contribution in [0.2, 0.25) is 0 Å². The summed E-state index contributed by atoms with van der Waals surface area (Å²) in [4.78, 5) is 23.8. The topological polar surface area (TPSA) is 68.5 Å². The van der Waals surface area contributed by atoms with Gasteiger partial charge >= 0.3 is 5.63 Å². The van der Waals surface area contributed by atoms with Gasteiger partial charge < -0.3 is 14.5 Å². The number of aryl methyl sites for hydroxylation is 2. The molecule has 0 saturated heterocycles. The highest BCUT2D eigenvalue weighted by Gasteiger charge is 2.12. The molecule has 0 fully saturated rings. The lowest BCUT2D eigenvalue weighted by Crippen LogP contribution is -2.20. The van der Waals surface area contributed by atoms with Gasteiger partial charge in [-0.3, -0.25) is 4.79 Å². The molecule has 0 spiro atoms. The molecule has 5 nitrogen and oxygen atoms in total. The molecule has 27 heavy (non-hydrogen) atoms. The number of hydrogen-bond donors (Lipinski definition) is 1. The molecule has 0 aliphatic rings. The van der Waals surface area contributed by atoms with Crippen LogP contribution in [0.15, 0.2) is 51.7 Å². The van der Waals surface area contributed by atoms with Gasteiger partial charge in [-0.05, 0) is 55.2 Å². The molecule has 1 amide bonds. The minimum absolute atomic E-state index is 0.131. The molecule has 140 valence electrons. The molecule has 0 saturated carbocycles. The van der Waals surface area contributed by atoms with Crippen LogP contribution in [0, 0.1) is 13.8 Å². The van der Waals surface area contributed by atoms with Crippen molar-refractivity contribution >= 4 is 22.6 Å². The van der Waals surface area contributed by atoms with Crippen LogP contribution in [0.5, 0.6) is 5.75 Å². The maximum absolute atomic E-state index is 12.2. The number of benzene rings is 2. The number of rotatable bonds is 5. The number of ether oxygens (including phenoxy) is 1. The molecular formula is C22H23NO4. The largest absolute Gasteiger partial charge is 0.483 e. The maximum Gasteiger partial charge on any atom is 0.336 e. The SMILES string of the molecule is Cc1cc(=O)oc2c(C)c(OCC(=O)Nc3ccc(C(C)C)cc3)ccc12. The van der Waals surface area contributed by atoms with Gasteiger partial charge in [-0.1, -0.05) is 26.0 Å². The van der Waals surface area contributed by atoms with Gasteiger partial charge in [-0.25, -0.2) is 4.79 Å². The fourth-order valence-electron chi connectivity index (χ4n) is 2.95. The smallest absolute Gasteiger partial charge is 0.336 e. The molecule has 0 bridgehead atoms. The summed E-state index contributed by atoms with van der Waals surface area (Å²) >= 11 is 0. The first-order chi connectivity index (χ1) is 12.8. The van der Waals surface area contributed by atoms with E-state index in [4.69, 9.17) is 9.15 Å². The Bertz CT molecular complexity index is 1030. The molecular weight excluding hydrogens is 342 g/mol. The molecule has 0 unspecified atom stereocenters. The zero-order valence-corrected chi connectivity index (χ0v) is 16.0. The molecule has 2 aromatic carbocycles. The van der Waals surface area contributed by atoms with Crippen molar-refractivity contribution in [2.24, 2.45) is 0 Å². The first-order valence-electron chi connectivity index (χ1n) is 8.92. The van der Waals surface area contributed by atoms with E-state index in [0.717, 1.165) is 16.6 Å². The van der Waals surface area contributed by atoms with Crippen LogP contribution in [0.3, 0.4) is 0 Å². The fourth-order valence-corrected chi connectivity index (χ4v) is 2.95. The predicted molar refractivity (Wildman–Crippen MR) is 107 cm³/mol. The Morgan fingerprint density at radius 2 is 1.81 bits per heavy atom. The number of carbonyl (C=O) groups excluding carboxylic acids is 1. The third kappa shape index (κ3) is 4.19. The van der Waals surface area contributed by atoms with E-state index in [0.29, 0.717) is 22.8 Å². The molecule has 0 aliphatic heterocycles. The number of amides is 1. The normalized spacial score (nSPS) is 11.0. The van der Waals surface area contributed by atoms with E-state index in [9.17, 15) is 9.59 Å². The number of anilines is 1. The molecule has 0 aliphatic carbocycles. The lowest BCUT2D eigenvalue weighted by atomic mass is 10.0. The fraction of sp³-hybridized carbons (Fsp3) is 0.273. The third-order valence-corrected chi connectivity index (χ3v) is 4.54. The third-order valence-electron chi connectivity index (χ3n) is 4.54. The second-order valence-electron chi connectivity index (χ2n) is 6.93. The number of hydrogen-bond acceptors (Lipinski definition) is 4. The van der Waals surface area contributed by atoms with Crippen molar-refractivity contribution < 1.29 is 13.9 Å². The van der Waals surface area contributed by atoms with Gasteiger partial charge in [0.25, 0.3) is 5.91 Å². The van der Waals surface area contributed by atoms with Gasteiger partial charge in [-0.2, -0.15) is 0 Å². The van der Waals surface area contributed by atoms with Crippen molar-refractivity contribution in [1.82, 2.24) is 0 Å². The number of fused-ring (bicyclic) bond motifs is 1. The molecule has 3 rings (SSSR count). The summed E-state index contributed by atoms with van der Waals surface area (Å²) in [5.74, 6) is 0.705. The van der Waals surface area contributed by atoms with Crippen molar-refractivity contribution in [3.8, 4) is 5.75 Å². The second-order valence-corrected chi connectivity index (χ2v) is 6.93. The Kier molecular flexibility index (Phi) is 5.31. The molecule has 0 radical (unpaired) electrons. The highest BCUT2D eigenvalue weighted by molar-refractivity contribution is 5.92. The van der Waals surface area contributed by atoms with Gasteiger partial charge in [0.1, 0.15) is 11.3 Å². The van der Waals surface area contributed by atoms with Crippen LogP contribution >= 0.6 is 0 Å². The molecule has 1 aromatic heterocycles. The first kappa shape index (κ1) is 18.7. The van der Waals surface area contributed by atoms with Crippen LogP contribution < -0.4 is 15.7 Å². The van der Waals surface area contributed by atoms with Crippen LogP contribution in [-0.2, 0) is 4.79 Å². The molecule has 1 heterocycles. The Labute approximate surface area is 158 Å². The van der Waals surface area contributed by atoms with Crippen LogP contribution in [0.4, 0.5) is 5.69 Å². The van der Waals surface area contributed by atoms with E-state index in [1.54, 1.807) is 6.07 Å². The summed E-state index contributed by atoms with van der Waals surface area (Å²) in [5, 5.41) is 3.67. The monoisotopic (exact) mass is 365 g/mol. The zero-order chi connectivity index (χ0) is 19.6. The van der Waals surface area contributed by atoms with Crippen molar-refractivity contribution in [3.05, 3.63) is 69.6 Å². The molecule has 0 atom stereocenters. The minimum atomic E-state index is -0.400. The van der Waals surface area contributed by atoms with Gasteiger partial charge in [-0.15, -0.1) is 0 Å². The lowest BCUT2D eigenvalue weighted by Gasteiger charge is -2.12. The van der Waals surface area contributed by atoms with E-state index in [1.807, 2.05) is 44.2 Å². The summed E-state index contributed by atoms with van der Waals surface area (Å²) in [6.07, 6.45) is 0. The molecule has 5 heteroatoms. The average molecular weight is 365 g/mol. The molecule has 1 N–H and O–H groups in total. The van der Waals surface area contributed by atoms with Gasteiger partial charge in [0.05, 0.1) is 0 Å². The zero-order valence-electron chi connectivity index (χ0n) is 16.0. The number of carbonyl (C=O) groups is 1. The van der Waals surface area contributed by atoms with Crippen LogP contribution in [0.1, 0.15) is 36.5 Å². The van der Waals surface area contributed by atoms with Crippen molar-refractivity contribution in [3.63, 3.8) is 0 Å². The van der Waals surface area contributed by atoms with Gasteiger partial charge in [0.15, 0.2) is 6.61 Å². The highest BCUT2D eigenvalue weighted by atomic mass is 16.5. The van der Waals surface area contributed by atoms with Gasteiger partial charge in [0.2, 0.25) is 0 Å². The average Bonchev–Trinajstić information content (AvgIpc) is 2.62. The Morgan fingerprint density at radius 3 is 2.48 bits per heavy atom. The maximum atomic E-state index is 12.2. The van der Waals surface area contributed by atoms with E-state index in [1.165, 1.54) is 11.6 Å². The summed E-state index contributed by atoms with van der Waals surface area (Å²) in [6.45, 7) is 7.78. The Morgan fingerprint density at radius 1 is 1.11 bits per heavy atom. The minimum Gasteiger partial charge on any atom is -0.483 e. The van der Waals surface area contributed by atoms with E-state index < -0.39 is 5.63 Å². The van der Waals surface area contributed by atoms with Crippen molar-refractivity contribution in [2.75, 3.05) is 11.9 Å². The summed E-state index contributed by atoms with van der Waals surface area (Å²) in [5.41, 5.74) is 3.57. The lowest BCUT2D eigenvalue weighted by molar-refractivity contribution is -0.118. The quantitative estimate of drug-likeness (QED) is 0.674. The van der Waals surface area contributed by atoms with Crippen LogP contribution in [-0.4, -0.2) is 12.5 Å².